The van der Waals surface area contributed by atoms with E-state index in [1.807, 2.05) is 26.1 Å². The predicted molar refractivity (Wildman–Crippen MR) is 95.8 cm³/mol. The van der Waals surface area contributed by atoms with Crippen molar-refractivity contribution < 1.29 is 0 Å². The molecule has 1 aliphatic rings. The van der Waals surface area contributed by atoms with Crippen LogP contribution < -0.4 is 0 Å². The summed E-state index contributed by atoms with van der Waals surface area (Å²) in [6.07, 6.45) is 4.15. The number of rotatable bonds is 4. The van der Waals surface area contributed by atoms with E-state index in [-0.39, 0.29) is 0 Å². The zero-order valence-corrected chi connectivity index (χ0v) is 14.8. The summed E-state index contributed by atoms with van der Waals surface area (Å²) < 4.78 is 0. The maximum Gasteiger partial charge on any atom is 0.156 e. The summed E-state index contributed by atoms with van der Waals surface area (Å²) in [5.41, 5.74) is 4.30. The molecule has 1 aliphatic heterocycles. The van der Waals surface area contributed by atoms with Crippen LogP contribution in [0.15, 0.2) is 29.1 Å². The summed E-state index contributed by atoms with van der Waals surface area (Å²) in [5, 5.41) is 4.37. The van der Waals surface area contributed by atoms with Gasteiger partial charge in [-0.05, 0) is 61.7 Å². The minimum absolute atomic E-state index is 0.291. The molecule has 4 heterocycles. The Kier molecular flexibility index (Phi) is 4.16. The molecular weight excluding hydrogens is 318 g/mol. The Balaban J connectivity index is 1.64. The Morgan fingerprint density at radius 1 is 1.33 bits per heavy atom. The zero-order valence-electron chi connectivity index (χ0n) is 14.0. The van der Waals surface area contributed by atoms with Crippen molar-refractivity contribution in [3.8, 4) is 11.5 Å². The molecule has 0 saturated carbocycles. The lowest BCUT2D eigenvalue weighted by Crippen LogP contribution is -2.24. The third kappa shape index (κ3) is 3.12. The molecule has 1 unspecified atom stereocenters. The van der Waals surface area contributed by atoms with E-state index in [1.54, 1.807) is 11.3 Å². The molecule has 0 aromatic carbocycles. The first-order chi connectivity index (χ1) is 11.7. The number of thiophene rings is 1. The first kappa shape index (κ1) is 15.5. The largest absolute Gasteiger partial charge is 0.341 e. The smallest absolute Gasteiger partial charge is 0.156 e. The van der Waals surface area contributed by atoms with E-state index in [0.29, 0.717) is 6.04 Å². The van der Waals surface area contributed by atoms with Crippen LogP contribution in [0.25, 0.3) is 11.5 Å². The van der Waals surface area contributed by atoms with Gasteiger partial charge in [0, 0.05) is 24.1 Å². The average Bonchev–Trinajstić information content (AvgIpc) is 3.29. The fraction of sp³-hybridized carbons (Fsp3) is 0.389. The molecule has 24 heavy (non-hydrogen) atoms. The maximum atomic E-state index is 4.83. The van der Waals surface area contributed by atoms with Crippen LogP contribution in [0, 0.1) is 13.8 Å². The first-order valence-corrected chi connectivity index (χ1v) is 9.26. The molecule has 0 amide bonds. The number of aromatic amines is 1. The van der Waals surface area contributed by atoms with Gasteiger partial charge in [0.2, 0.25) is 0 Å². The minimum atomic E-state index is 0.291. The fourth-order valence-electron chi connectivity index (χ4n) is 3.33. The second-order valence-corrected chi connectivity index (χ2v) is 7.21. The third-order valence-corrected chi connectivity index (χ3v) is 5.18. The normalized spacial score (nSPS) is 18.3. The number of nitrogens with one attached hydrogen (secondary N) is 1. The lowest BCUT2D eigenvalue weighted by Gasteiger charge is -2.23. The van der Waals surface area contributed by atoms with Crippen LogP contribution in [0.5, 0.6) is 0 Å². The van der Waals surface area contributed by atoms with Crippen molar-refractivity contribution in [2.24, 2.45) is 0 Å². The molecule has 4 rings (SSSR count). The highest BCUT2D eigenvalue weighted by Gasteiger charge is 2.29. The van der Waals surface area contributed by atoms with Gasteiger partial charge in [0.1, 0.15) is 11.5 Å². The quantitative estimate of drug-likeness (QED) is 0.783. The van der Waals surface area contributed by atoms with Crippen LogP contribution in [-0.2, 0) is 6.54 Å². The van der Waals surface area contributed by atoms with E-state index >= 15 is 0 Å². The van der Waals surface area contributed by atoms with Gasteiger partial charge >= 0.3 is 0 Å². The van der Waals surface area contributed by atoms with Gasteiger partial charge in [0.25, 0.3) is 0 Å². The molecule has 6 heteroatoms. The van der Waals surface area contributed by atoms with Crippen LogP contribution in [0.4, 0.5) is 0 Å². The van der Waals surface area contributed by atoms with Crippen molar-refractivity contribution in [3.63, 3.8) is 0 Å². The SMILES string of the molecule is Cc1cc(-c2ncc(C)[nH]2)nc(C2CCCN2Cc2ccsc2)n1. The van der Waals surface area contributed by atoms with Crippen molar-refractivity contribution in [1.82, 2.24) is 24.8 Å². The van der Waals surface area contributed by atoms with Crippen molar-refractivity contribution in [1.29, 1.82) is 0 Å². The van der Waals surface area contributed by atoms with Gasteiger partial charge in [-0.15, -0.1) is 0 Å². The summed E-state index contributed by atoms with van der Waals surface area (Å²) in [4.78, 5) is 19.8. The van der Waals surface area contributed by atoms with Gasteiger partial charge in [-0.25, -0.2) is 15.0 Å². The number of aryl methyl sites for hydroxylation is 2. The number of aromatic nitrogens is 4. The first-order valence-electron chi connectivity index (χ1n) is 8.32. The van der Waals surface area contributed by atoms with Crippen LogP contribution in [-0.4, -0.2) is 31.4 Å². The van der Waals surface area contributed by atoms with E-state index in [2.05, 4.69) is 31.7 Å². The predicted octanol–water partition coefficient (Wildman–Crippen LogP) is 3.88. The van der Waals surface area contributed by atoms with Gasteiger partial charge in [-0.1, -0.05) is 0 Å². The van der Waals surface area contributed by atoms with Crippen LogP contribution in [0.2, 0.25) is 0 Å². The summed E-state index contributed by atoms with van der Waals surface area (Å²) >= 11 is 1.75. The summed E-state index contributed by atoms with van der Waals surface area (Å²) in [7, 11) is 0. The highest BCUT2D eigenvalue weighted by Crippen LogP contribution is 2.32. The van der Waals surface area contributed by atoms with Crippen LogP contribution in [0.3, 0.4) is 0 Å². The maximum absolute atomic E-state index is 4.83. The van der Waals surface area contributed by atoms with E-state index in [9.17, 15) is 0 Å². The topological polar surface area (TPSA) is 57.7 Å². The monoisotopic (exact) mass is 339 g/mol. The molecule has 1 N–H and O–H groups in total. The van der Waals surface area contributed by atoms with Crippen molar-refractivity contribution >= 4 is 11.3 Å². The average molecular weight is 339 g/mol. The van der Waals surface area contributed by atoms with Gasteiger partial charge in [0.15, 0.2) is 5.82 Å². The lowest BCUT2D eigenvalue weighted by molar-refractivity contribution is 0.240. The standard InChI is InChI=1S/C18H21N5S/c1-12-8-15(17-19-9-13(2)21-17)22-18(20-12)16-4-3-6-23(16)10-14-5-7-24-11-14/h5,7-9,11,16H,3-4,6,10H2,1-2H3,(H,19,21). The molecule has 1 atom stereocenters. The molecule has 0 bridgehead atoms. The Labute approximate surface area is 145 Å². The number of imidazole rings is 1. The van der Waals surface area contributed by atoms with E-state index in [0.717, 1.165) is 48.2 Å². The molecular formula is C18H21N5S. The zero-order chi connectivity index (χ0) is 16.5. The molecule has 0 aliphatic carbocycles. The molecule has 124 valence electrons. The fourth-order valence-corrected chi connectivity index (χ4v) is 3.99. The molecule has 3 aromatic rings. The van der Waals surface area contributed by atoms with E-state index in [4.69, 9.17) is 9.97 Å². The van der Waals surface area contributed by atoms with Gasteiger partial charge in [0.05, 0.1) is 6.04 Å². The van der Waals surface area contributed by atoms with Crippen molar-refractivity contribution in [3.05, 3.63) is 51.9 Å². The van der Waals surface area contributed by atoms with Gasteiger partial charge in [-0.3, -0.25) is 4.90 Å². The number of H-pyrrole nitrogens is 1. The second-order valence-electron chi connectivity index (χ2n) is 6.43. The number of hydrogen-bond acceptors (Lipinski definition) is 5. The summed E-state index contributed by atoms with van der Waals surface area (Å²) in [6, 6.07) is 4.49. The van der Waals surface area contributed by atoms with Gasteiger partial charge in [-0.2, -0.15) is 11.3 Å². The molecule has 5 nitrogen and oxygen atoms in total. The van der Waals surface area contributed by atoms with E-state index in [1.165, 1.54) is 12.0 Å². The van der Waals surface area contributed by atoms with Crippen molar-refractivity contribution in [2.45, 2.75) is 39.3 Å². The highest BCUT2D eigenvalue weighted by atomic mass is 32.1. The molecule has 1 saturated heterocycles. The second kappa shape index (κ2) is 6.45. The molecule has 0 spiro atoms. The van der Waals surface area contributed by atoms with Crippen molar-refractivity contribution in [2.75, 3.05) is 6.54 Å². The Morgan fingerprint density at radius 3 is 3.00 bits per heavy atom. The minimum Gasteiger partial charge on any atom is -0.341 e. The third-order valence-electron chi connectivity index (χ3n) is 4.44. The van der Waals surface area contributed by atoms with Crippen LogP contribution in [0.1, 0.15) is 41.7 Å². The summed E-state index contributed by atoms with van der Waals surface area (Å²) in [6.45, 7) is 6.11. The molecule has 3 aromatic heterocycles. The number of likely N-dealkylation sites (tertiary alicyclic amines) is 1. The van der Waals surface area contributed by atoms with Gasteiger partial charge < -0.3 is 4.98 Å². The Morgan fingerprint density at radius 2 is 2.25 bits per heavy atom. The lowest BCUT2D eigenvalue weighted by atomic mass is 10.2. The van der Waals surface area contributed by atoms with E-state index < -0.39 is 0 Å². The van der Waals surface area contributed by atoms with Crippen LogP contribution >= 0.6 is 11.3 Å². The Bertz CT molecular complexity index is 824. The number of hydrogen-bond donors (Lipinski definition) is 1. The Hall–Kier alpha value is -2.05. The molecule has 0 radical (unpaired) electrons. The number of nitrogens with zero attached hydrogens (tertiary/aromatic N) is 4. The molecule has 1 fully saturated rings. The summed E-state index contributed by atoms with van der Waals surface area (Å²) in [5.74, 6) is 1.74. The highest BCUT2D eigenvalue weighted by molar-refractivity contribution is 7.07.